The summed E-state index contributed by atoms with van der Waals surface area (Å²) in [6, 6.07) is 4.82. The Labute approximate surface area is 197 Å². The number of amides is 1. The monoisotopic (exact) mass is 506 g/mol. The fraction of sp³-hybridized carbons (Fsp3) is 0.680. The molecule has 32 heavy (non-hydrogen) atoms. The lowest BCUT2D eigenvalue weighted by atomic mass is 9.61. The van der Waals surface area contributed by atoms with Crippen molar-refractivity contribution in [3.05, 3.63) is 34.1 Å². The maximum absolute atomic E-state index is 14.4. The molecule has 3 saturated carbocycles. The zero-order valence-corrected chi connectivity index (χ0v) is 19.9. The molecule has 1 heterocycles. The molecule has 1 aromatic carbocycles. The molecule has 4 aliphatic rings. The molecule has 3 N–H and O–H groups in total. The zero-order valence-electron chi connectivity index (χ0n) is 18.3. The van der Waals surface area contributed by atoms with Crippen molar-refractivity contribution in [1.29, 1.82) is 0 Å². The molecule has 0 radical (unpaired) electrons. The van der Waals surface area contributed by atoms with Crippen molar-refractivity contribution in [1.82, 2.24) is 10.6 Å². The van der Waals surface area contributed by atoms with E-state index in [1.807, 2.05) is 0 Å². The normalized spacial score (nSPS) is 32.9. The number of nitrogens with one attached hydrogen (secondary N) is 2. The molecule has 5 nitrogen and oxygen atoms in total. The number of hydrogen-bond donors (Lipinski definition) is 3. The second-order valence-electron chi connectivity index (χ2n) is 10.5. The number of benzene rings is 1. The van der Waals surface area contributed by atoms with Crippen molar-refractivity contribution in [2.75, 3.05) is 13.1 Å². The number of carboxylic acid groups (broad SMARTS) is 1. The van der Waals surface area contributed by atoms with Crippen LogP contribution in [0, 0.1) is 40.3 Å². The van der Waals surface area contributed by atoms with Crippen LogP contribution in [0.3, 0.4) is 0 Å². The molecule has 1 amide bonds. The minimum Gasteiger partial charge on any atom is -0.481 e. The van der Waals surface area contributed by atoms with E-state index in [4.69, 9.17) is 0 Å². The van der Waals surface area contributed by atoms with Crippen LogP contribution in [0.2, 0.25) is 0 Å². The Bertz CT molecular complexity index is 914. The summed E-state index contributed by atoms with van der Waals surface area (Å²) in [6.07, 6.45) is 7.66. The highest BCUT2D eigenvalue weighted by molar-refractivity contribution is 9.10. The number of hydrogen-bond acceptors (Lipinski definition) is 3. The molecule has 2 bridgehead atoms. The zero-order chi connectivity index (χ0) is 22.5. The quantitative estimate of drug-likeness (QED) is 0.508. The van der Waals surface area contributed by atoms with Crippen molar-refractivity contribution in [3.63, 3.8) is 0 Å². The van der Waals surface area contributed by atoms with Gasteiger partial charge in [0, 0.05) is 16.6 Å². The van der Waals surface area contributed by atoms with Crippen molar-refractivity contribution in [3.8, 4) is 0 Å². The van der Waals surface area contributed by atoms with Gasteiger partial charge in [-0.2, -0.15) is 0 Å². The van der Waals surface area contributed by atoms with Gasteiger partial charge in [-0.3, -0.25) is 9.59 Å². The van der Waals surface area contributed by atoms with Gasteiger partial charge in [-0.05, 0) is 99.8 Å². The molecule has 4 fully saturated rings. The largest absolute Gasteiger partial charge is 0.481 e. The molecule has 0 aromatic heterocycles. The molecule has 1 spiro atoms. The molecule has 0 unspecified atom stereocenters. The molecule has 174 valence electrons. The number of carboxylic acids is 1. The lowest BCUT2D eigenvalue weighted by molar-refractivity contribution is -0.158. The van der Waals surface area contributed by atoms with Gasteiger partial charge in [-0.1, -0.05) is 22.0 Å². The van der Waals surface area contributed by atoms with Gasteiger partial charge in [0.2, 0.25) is 5.91 Å². The summed E-state index contributed by atoms with van der Waals surface area (Å²) in [4.78, 5) is 26.5. The topological polar surface area (TPSA) is 78.4 Å². The third-order valence-corrected chi connectivity index (χ3v) is 9.67. The van der Waals surface area contributed by atoms with E-state index >= 15 is 0 Å². The highest BCUT2D eigenvalue weighted by atomic mass is 79.9. The Morgan fingerprint density at radius 3 is 2.59 bits per heavy atom. The molecule has 1 aromatic rings. The van der Waals surface area contributed by atoms with Crippen molar-refractivity contribution in [2.24, 2.45) is 34.5 Å². The average Bonchev–Trinajstić information content (AvgIpc) is 3.44. The third kappa shape index (κ3) is 3.51. The smallest absolute Gasteiger partial charge is 0.307 e. The first-order chi connectivity index (χ1) is 15.4. The summed E-state index contributed by atoms with van der Waals surface area (Å²) in [5, 5.41) is 16.7. The molecule has 3 aliphatic carbocycles. The van der Waals surface area contributed by atoms with Gasteiger partial charge in [-0.25, -0.2) is 4.39 Å². The van der Waals surface area contributed by atoms with Crippen LogP contribution in [-0.4, -0.2) is 30.1 Å². The summed E-state index contributed by atoms with van der Waals surface area (Å²) in [7, 11) is 0. The highest BCUT2D eigenvalue weighted by Crippen LogP contribution is 2.79. The number of rotatable bonds is 7. The van der Waals surface area contributed by atoms with Crippen molar-refractivity contribution in [2.45, 2.75) is 57.9 Å². The van der Waals surface area contributed by atoms with Crippen LogP contribution in [0.4, 0.5) is 4.39 Å². The maximum atomic E-state index is 14.4. The molecule has 7 heteroatoms. The van der Waals surface area contributed by atoms with E-state index in [1.165, 1.54) is 6.07 Å². The van der Waals surface area contributed by atoms with E-state index in [0.29, 0.717) is 22.4 Å². The minimum absolute atomic E-state index is 0.0530. The number of carbonyl (C=O) groups is 2. The predicted octanol–water partition coefficient (Wildman–Crippen LogP) is 4.49. The second kappa shape index (κ2) is 8.39. The van der Waals surface area contributed by atoms with Gasteiger partial charge in [0.15, 0.2) is 0 Å². The van der Waals surface area contributed by atoms with E-state index < -0.39 is 17.3 Å². The van der Waals surface area contributed by atoms with Crippen molar-refractivity contribution < 1.29 is 19.1 Å². The van der Waals surface area contributed by atoms with Crippen LogP contribution < -0.4 is 10.6 Å². The highest BCUT2D eigenvalue weighted by Gasteiger charge is 2.77. The maximum Gasteiger partial charge on any atom is 0.307 e. The Balaban J connectivity index is 1.42. The van der Waals surface area contributed by atoms with Gasteiger partial charge in [0.05, 0.1) is 11.3 Å². The molecule has 4 atom stereocenters. The molecular formula is C25H32BrFN2O3. The lowest BCUT2D eigenvalue weighted by Gasteiger charge is -2.42. The summed E-state index contributed by atoms with van der Waals surface area (Å²) < 4.78 is 15.0. The van der Waals surface area contributed by atoms with E-state index in [-0.39, 0.29) is 35.5 Å². The van der Waals surface area contributed by atoms with Crippen LogP contribution in [0.25, 0.3) is 0 Å². The van der Waals surface area contributed by atoms with Crippen molar-refractivity contribution >= 4 is 27.8 Å². The first-order valence-electron chi connectivity index (χ1n) is 12.0. The predicted molar refractivity (Wildman–Crippen MR) is 122 cm³/mol. The number of carbonyl (C=O) groups excluding carboxylic acids is 1. The van der Waals surface area contributed by atoms with Crippen LogP contribution in [0.15, 0.2) is 22.7 Å². The van der Waals surface area contributed by atoms with Gasteiger partial charge in [0.1, 0.15) is 5.82 Å². The SMILES string of the molecule is O=C(O)[C@@H]1[C@H]2CC[C@@H](C23CC3)[C@@]1(CCC1CCNCC1)C(=O)NCc1ccc(Br)cc1F. The van der Waals surface area contributed by atoms with Gasteiger partial charge >= 0.3 is 5.97 Å². The summed E-state index contributed by atoms with van der Waals surface area (Å²) in [5.74, 6) is -1.21. The van der Waals surface area contributed by atoms with E-state index in [1.54, 1.807) is 12.1 Å². The van der Waals surface area contributed by atoms with E-state index in [0.717, 1.165) is 58.0 Å². The lowest BCUT2D eigenvalue weighted by Crippen LogP contribution is -2.52. The van der Waals surface area contributed by atoms with Crippen LogP contribution >= 0.6 is 15.9 Å². The van der Waals surface area contributed by atoms with Gasteiger partial charge < -0.3 is 15.7 Å². The average molecular weight is 507 g/mol. The standard InChI is InChI=1S/C25H32BrFN2O3/c26-17-2-1-16(19(27)13-17)14-29-23(32)25(8-5-15-6-11-28-12-7-15)20-4-3-18(21(25)22(30)31)24(20)9-10-24/h1-2,13,15,18,20-21,28H,3-12,14H2,(H,29,32)(H,30,31)/t18-,20+,21+,25-/m1/s1. The van der Waals surface area contributed by atoms with Crippen LogP contribution in [0.5, 0.6) is 0 Å². The van der Waals surface area contributed by atoms with Gasteiger partial charge in [-0.15, -0.1) is 0 Å². The second-order valence-corrected chi connectivity index (χ2v) is 11.4. The minimum atomic E-state index is -0.873. The fourth-order valence-electron chi connectivity index (χ4n) is 7.64. The number of halogens is 2. The first kappa shape index (κ1) is 22.3. The first-order valence-corrected chi connectivity index (χ1v) is 12.8. The summed E-state index contributed by atoms with van der Waals surface area (Å²) >= 11 is 3.27. The Hall–Kier alpha value is -1.47. The number of piperidine rings is 1. The van der Waals surface area contributed by atoms with Crippen LogP contribution in [0.1, 0.15) is 56.9 Å². The Kier molecular flexibility index (Phi) is 5.85. The molecule has 5 rings (SSSR count). The molecule has 1 saturated heterocycles. The Morgan fingerprint density at radius 1 is 1.19 bits per heavy atom. The van der Waals surface area contributed by atoms with E-state index in [2.05, 4.69) is 26.6 Å². The fourth-order valence-corrected chi connectivity index (χ4v) is 7.97. The third-order valence-electron chi connectivity index (χ3n) is 9.17. The van der Waals surface area contributed by atoms with E-state index in [9.17, 15) is 19.1 Å². The Morgan fingerprint density at radius 2 is 1.94 bits per heavy atom. The molecular weight excluding hydrogens is 475 g/mol. The summed E-state index contributed by atoms with van der Waals surface area (Å²) in [6.45, 7) is 2.07. The number of aliphatic carboxylic acids is 1. The summed E-state index contributed by atoms with van der Waals surface area (Å²) in [5.41, 5.74) is -0.398. The van der Waals surface area contributed by atoms with Gasteiger partial charge in [0.25, 0.3) is 0 Å². The molecule has 1 aliphatic heterocycles. The van der Waals surface area contributed by atoms with Crippen LogP contribution in [-0.2, 0) is 16.1 Å².